The van der Waals surface area contributed by atoms with Gasteiger partial charge in [0.15, 0.2) is 0 Å². The van der Waals surface area contributed by atoms with Crippen molar-refractivity contribution >= 4 is 22.0 Å². The highest BCUT2D eigenvalue weighted by Gasteiger charge is 2.24. The van der Waals surface area contributed by atoms with Crippen LogP contribution in [0.25, 0.3) is 0 Å². The number of nitrogens with two attached hydrogens (primary N) is 1. The van der Waals surface area contributed by atoms with Gasteiger partial charge < -0.3 is 15.4 Å². The number of anilines is 2. The first-order valence-corrected chi connectivity index (χ1v) is 6.09. The summed E-state index contributed by atoms with van der Waals surface area (Å²) in [6.45, 7) is 2.83. The molecule has 2 heterocycles. The lowest BCUT2D eigenvalue weighted by Gasteiger charge is -2.15. The molecule has 1 atom stereocenters. The molecular formula is C11H15N3OS. The lowest BCUT2D eigenvalue weighted by molar-refractivity contribution is 0.161. The molecule has 16 heavy (non-hydrogen) atoms. The van der Waals surface area contributed by atoms with Crippen molar-refractivity contribution in [2.45, 2.75) is 6.42 Å². The van der Waals surface area contributed by atoms with Crippen LogP contribution >= 0.6 is 11.3 Å². The summed E-state index contributed by atoms with van der Waals surface area (Å²) in [5.74, 6) is 0.596. The maximum atomic E-state index is 8.85. The Morgan fingerprint density at radius 2 is 2.56 bits per heavy atom. The fraction of sp³-hybridized carbons (Fsp3) is 0.545. The van der Waals surface area contributed by atoms with Crippen molar-refractivity contribution in [3.8, 4) is 6.07 Å². The molecule has 0 spiro atoms. The highest BCUT2D eigenvalue weighted by atomic mass is 32.1. The zero-order chi connectivity index (χ0) is 11.5. The van der Waals surface area contributed by atoms with E-state index in [1.807, 2.05) is 6.07 Å². The SMILES string of the molecule is COCC1CCN(c2cc(N)c(C#N)s2)C1. The van der Waals surface area contributed by atoms with Crippen LogP contribution in [0.1, 0.15) is 11.3 Å². The molecule has 1 aromatic heterocycles. The smallest absolute Gasteiger partial charge is 0.129 e. The van der Waals surface area contributed by atoms with E-state index in [4.69, 9.17) is 15.7 Å². The second kappa shape index (κ2) is 4.73. The number of nitriles is 1. The molecule has 1 saturated heterocycles. The van der Waals surface area contributed by atoms with E-state index in [0.29, 0.717) is 16.5 Å². The summed E-state index contributed by atoms with van der Waals surface area (Å²) in [7, 11) is 1.74. The second-order valence-corrected chi connectivity index (χ2v) is 5.07. The van der Waals surface area contributed by atoms with Crippen LogP contribution in [-0.4, -0.2) is 26.8 Å². The van der Waals surface area contributed by atoms with Gasteiger partial charge in [-0.3, -0.25) is 0 Å². The third kappa shape index (κ3) is 2.13. The maximum absolute atomic E-state index is 8.85. The van der Waals surface area contributed by atoms with Gasteiger partial charge in [-0.05, 0) is 12.5 Å². The number of rotatable bonds is 3. The van der Waals surface area contributed by atoms with E-state index in [2.05, 4.69) is 11.0 Å². The number of thiophene rings is 1. The van der Waals surface area contributed by atoms with Crippen molar-refractivity contribution in [1.29, 1.82) is 5.26 Å². The Kier molecular flexibility index (Phi) is 3.32. The van der Waals surface area contributed by atoms with E-state index in [0.717, 1.165) is 31.1 Å². The van der Waals surface area contributed by atoms with Gasteiger partial charge in [-0.2, -0.15) is 5.26 Å². The van der Waals surface area contributed by atoms with Crippen molar-refractivity contribution in [3.05, 3.63) is 10.9 Å². The fourth-order valence-electron chi connectivity index (χ4n) is 2.04. The van der Waals surface area contributed by atoms with Gasteiger partial charge in [0.05, 0.1) is 17.3 Å². The van der Waals surface area contributed by atoms with Gasteiger partial charge in [-0.15, -0.1) is 11.3 Å². The predicted molar refractivity (Wildman–Crippen MR) is 65.6 cm³/mol. The fourth-order valence-corrected chi connectivity index (χ4v) is 2.95. The topological polar surface area (TPSA) is 62.3 Å². The third-order valence-electron chi connectivity index (χ3n) is 2.85. The minimum atomic E-state index is 0.595. The van der Waals surface area contributed by atoms with Crippen LogP contribution in [0.5, 0.6) is 0 Å². The molecule has 0 bridgehead atoms. The van der Waals surface area contributed by atoms with Gasteiger partial charge in [0, 0.05) is 26.1 Å². The van der Waals surface area contributed by atoms with Gasteiger partial charge >= 0.3 is 0 Å². The average Bonchev–Trinajstić information content (AvgIpc) is 2.85. The van der Waals surface area contributed by atoms with Gasteiger partial charge in [-0.1, -0.05) is 0 Å². The average molecular weight is 237 g/mol. The molecule has 2 N–H and O–H groups in total. The predicted octanol–water partition coefficient (Wildman–Crippen LogP) is 1.67. The maximum Gasteiger partial charge on any atom is 0.129 e. The van der Waals surface area contributed by atoms with E-state index in [1.54, 1.807) is 7.11 Å². The molecule has 0 amide bonds. The number of hydrogen-bond donors (Lipinski definition) is 1. The molecule has 5 heteroatoms. The molecule has 86 valence electrons. The molecule has 4 nitrogen and oxygen atoms in total. The van der Waals surface area contributed by atoms with Crippen LogP contribution in [0.15, 0.2) is 6.07 Å². The Labute approximate surface area is 99.2 Å². The van der Waals surface area contributed by atoms with Crippen molar-refractivity contribution in [2.24, 2.45) is 5.92 Å². The molecule has 1 aromatic rings. The first kappa shape index (κ1) is 11.2. The molecule has 0 aromatic carbocycles. The number of methoxy groups -OCH3 is 1. The molecule has 0 aliphatic carbocycles. The van der Waals surface area contributed by atoms with E-state index in [9.17, 15) is 0 Å². The summed E-state index contributed by atoms with van der Waals surface area (Å²) in [6, 6.07) is 4.02. The molecular weight excluding hydrogens is 222 g/mol. The quantitative estimate of drug-likeness (QED) is 0.868. The molecule has 1 unspecified atom stereocenters. The van der Waals surface area contributed by atoms with Gasteiger partial charge in [-0.25, -0.2) is 0 Å². The van der Waals surface area contributed by atoms with E-state index < -0.39 is 0 Å². The van der Waals surface area contributed by atoms with E-state index in [-0.39, 0.29) is 0 Å². The van der Waals surface area contributed by atoms with Crippen molar-refractivity contribution in [3.63, 3.8) is 0 Å². The Balaban J connectivity index is 2.06. The highest BCUT2D eigenvalue weighted by Crippen LogP contribution is 2.34. The van der Waals surface area contributed by atoms with Crippen molar-refractivity contribution in [2.75, 3.05) is 37.4 Å². The Morgan fingerprint density at radius 1 is 1.75 bits per heavy atom. The van der Waals surface area contributed by atoms with Gasteiger partial charge in [0.25, 0.3) is 0 Å². The summed E-state index contributed by atoms with van der Waals surface area (Å²) in [6.07, 6.45) is 1.15. The summed E-state index contributed by atoms with van der Waals surface area (Å²) < 4.78 is 5.16. The first-order chi connectivity index (χ1) is 7.74. The largest absolute Gasteiger partial charge is 0.397 e. The van der Waals surface area contributed by atoms with Crippen LogP contribution in [-0.2, 0) is 4.74 Å². The summed E-state index contributed by atoms with van der Waals surface area (Å²) in [4.78, 5) is 2.90. The minimum Gasteiger partial charge on any atom is -0.397 e. The van der Waals surface area contributed by atoms with Crippen LogP contribution in [0.2, 0.25) is 0 Å². The van der Waals surface area contributed by atoms with Crippen LogP contribution < -0.4 is 10.6 Å². The third-order valence-corrected chi connectivity index (χ3v) is 3.97. The normalized spacial score (nSPS) is 20.0. The van der Waals surface area contributed by atoms with E-state index >= 15 is 0 Å². The first-order valence-electron chi connectivity index (χ1n) is 5.28. The van der Waals surface area contributed by atoms with Crippen LogP contribution in [0.4, 0.5) is 10.7 Å². The van der Waals surface area contributed by atoms with Crippen LogP contribution in [0.3, 0.4) is 0 Å². The van der Waals surface area contributed by atoms with Gasteiger partial charge in [0.1, 0.15) is 10.9 Å². The Hall–Kier alpha value is -1.25. The molecule has 1 aliphatic rings. The van der Waals surface area contributed by atoms with Gasteiger partial charge in [0.2, 0.25) is 0 Å². The molecule has 2 rings (SSSR count). The summed E-state index contributed by atoms with van der Waals surface area (Å²) in [5, 5.41) is 9.96. The summed E-state index contributed by atoms with van der Waals surface area (Å²) >= 11 is 1.48. The lowest BCUT2D eigenvalue weighted by atomic mass is 10.1. The highest BCUT2D eigenvalue weighted by molar-refractivity contribution is 7.17. The number of ether oxygens (including phenoxy) is 1. The molecule has 0 saturated carbocycles. The number of nitrogen functional groups attached to an aromatic ring is 1. The lowest BCUT2D eigenvalue weighted by Crippen LogP contribution is -2.19. The number of hydrogen-bond acceptors (Lipinski definition) is 5. The van der Waals surface area contributed by atoms with Crippen molar-refractivity contribution in [1.82, 2.24) is 0 Å². The molecule has 1 fully saturated rings. The standard InChI is InChI=1S/C11H15N3OS/c1-15-7-8-2-3-14(6-8)11-4-9(13)10(5-12)16-11/h4,8H,2-3,6-7,13H2,1H3. The Morgan fingerprint density at radius 3 is 3.19 bits per heavy atom. The minimum absolute atomic E-state index is 0.595. The monoisotopic (exact) mass is 237 g/mol. The zero-order valence-corrected chi connectivity index (χ0v) is 10.1. The van der Waals surface area contributed by atoms with Crippen molar-refractivity contribution < 1.29 is 4.74 Å². The van der Waals surface area contributed by atoms with Crippen LogP contribution in [0, 0.1) is 17.2 Å². The Bertz CT molecular complexity index is 410. The zero-order valence-electron chi connectivity index (χ0n) is 9.27. The summed E-state index contributed by atoms with van der Waals surface area (Å²) in [5.41, 5.74) is 6.34. The molecule has 0 radical (unpaired) electrons. The van der Waals surface area contributed by atoms with E-state index in [1.165, 1.54) is 11.3 Å². The number of nitrogens with zero attached hydrogens (tertiary/aromatic N) is 2. The molecule has 1 aliphatic heterocycles. The second-order valence-electron chi connectivity index (χ2n) is 4.04.